The third-order valence-corrected chi connectivity index (χ3v) is 3.09. The first-order valence-corrected chi connectivity index (χ1v) is 5.84. The molecule has 90 valence electrons. The Labute approximate surface area is 99.5 Å². The van der Waals surface area contributed by atoms with E-state index in [2.05, 4.69) is 0 Å². The highest BCUT2D eigenvalue weighted by Crippen LogP contribution is 2.30. The van der Waals surface area contributed by atoms with E-state index in [-0.39, 0.29) is 5.78 Å². The van der Waals surface area contributed by atoms with Gasteiger partial charge in [0.05, 0.1) is 32.0 Å². The highest BCUT2D eigenvalue weighted by Gasteiger charge is 2.28. The SMILES string of the molecule is O=C(c1cccc2c1OCC2)C1COCCO1. The normalized spacial score (nSPS) is 22.9. The van der Waals surface area contributed by atoms with Gasteiger partial charge >= 0.3 is 0 Å². The topological polar surface area (TPSA) is 44.8 Å². The van der Waals surface area contributed by atoms with Crippen molar-refractivity contribution in [3.8, 4) is 5.75 Å². The highest BCUT2D eigenvalue weighted by atomic mass is 16.6. The van der Waals surface area contributed by atoms with Crippen molar-refractivity contribution in [1.82, 2.24) is 0 Å². The summed E-state index contributed by atoms with van der Waals surface area (Å²) < 4.78 is 16.2. The van der Waals surface area contributed by atoms with Crippen molar-refractivity contribution in [2.45, 2.75) is 12.5 Å². The first-order valence-electron chi connectivity index (χ1n) is 5.84. The summed E-state index contributed by atoms with van der Waals surface area (Å²) in [6.45, 7) is 2.03. The van der Waals surface area contributed by atoms with Crippen LogP contribution in [0.1, 0.15) is 15.9 Å². The van der Waals surface area contributed by atoms with Crippen LogP contribution in [0.2, 0.25) is 0 Å². The molecule has 0 N–H and O–H groups in total. The second kappa shape index (κ2) is 4.47. The van der Waals surface area contributed by atoms with Gasteiger partial charge < -0.3 is 14.2 Å². The van der Waals surface area contributed by atoms with E-state index in [1.807, 2.05) is 12.1 Å². The molecule has 1 atom stereocenters. The van der Waals surface area contributed by atoms with Crippen molar-refractivity contribution in [3.63, 3.8) is 0 Å². The Morgan fingerprint density at radius 2 is 2.18 bits per heavy atom. The van der Waals surface area contributed by atoms with Gasteiger partial charge in [0.2, 0.25) is 0 Å². The number of fused-ring (bicyclic) bond motifs is 1. The predicted octanol–water partition coefficient (Wildman–Crippen LogP) is 1.22. The number of para-hydroxylation sites is 1. The van der Waals surface area contributed by atoms with E-state index in [1.54, 1.807) is 6.07 Å². The Hall–Kier alpha value is -1.39. The standard InChI is InChI=1S/C13H14O4/c14-12(11-8-15-6-7-16-11)10-3-1-2-9-4-5-17-13(9)10/h1-3,11H,4-8H2. The molecule has 1 unspecified atom stereocenters. The molecule has 2 aliphatic heterocycles. The number of carbonyl (C=O) groups is 1. The van der Waals surface area contributed by atoms with Crippen molar-refractivity contribution < 1.29 is 19.0 Å². The number of hydrogen-bond donors (Lipinski definition) is 0. The number of Topliss-reactive ketones (excluding diaryl/α,β-unsaturated/α-hetero) is 1. The minimum atomic E-state index is -0.487. The van der Waals surface area contributed by atoms with Gasteiger partial charge in [0.25, 0.3) is 0 Å². The largest absolute Gasteiger partial charge is 0.492 e. The molecule has 0 bridgehead atoms. The Morgan fingerprint density at radius 1 is 1.24 bits per heavy atom. The molecule has 1 saturated heterocycles. The molecule has 0 aliphatic carbocycles. The fourth-order valence-corrected chi connectivity index (χ4v) is 2.22. The maximum absolute atomic E-state index is 12.3. The van der Waals surface area contributed by atoms with E-state index in [0.717, 1.165) is 17.7 Å². The molecular weight excluding hydrogens is 220 g/mol. The van der Waals surface area contributed by atoms with Crippen molar-refractivity contribution in [3.05, 3.63) is 29.3 Å². The quantitative estimate of drug-likeness (QED) is 0.722. The van der Waals surface area contributed by atoms with E-state index >= 15 is 0 Å². The fraction of sp³-hybridized carbons (Fsp3) is 0.462. The molecular formula is C13H14O4. The maximum atomic E-state index is 12.3. The van der Waals surface area contributed by atoms with E-state index in [0.29, 0.717) is 32.0 Å². The third-order valence-electron chi connectivity index (χ3n) is 3.09. The lowest BCUT2D eigenvalue weighted by Crippen LogP contribution is -2.35. The zero-order chi connectivity index (χ0) is 11.7. The van der Waals surface area contributed by atoms with Crippen LogP contribution in [0.4, 0.5) is 0 Å². The van der Waals surface area contributed by atoms with Gasteiger partial charge in [-0.1, -0.05) is 12.1 Å². The zero-order valence-corrected chi connectivity index (χ0v) is 9.48. The molecule has 0 saturated carbocycles. The van der Waals surface area contributed by atoms with Gasteiger partial charge in [-0.2, -0.15) is 0 Å². The first kappa shape index (κ1) is 10.7. The minimum absolute atomic E-state index is 0.0385. The number of ether oxygens (including phenoxy) is 3. The van der Waals surface area contributed by atoms with Gasteiger partial charge in [0, 0.05) is 6.42 Å². The molecule has 1 aromatic rings. The Balaban J connectivity index is 1.88. The molecule has 0 radical (unpaired) electrons. The summed E-state index contributed by atoms with van der Waals surface area (Å²) in [5, 5.41) is 0. The number of ketones is 1. The van der Waals surface area contributed by atoms with E-state index in [1.165, 1.54) is 0 Å². The molecule has 0 amide bonds. The van der Waals surface area contributed by atoms with Crippen LogP contribution >= 0.6 is 0 Å². The number of benzene rings is 1. The predicted molar refractivity (Wildman–Crippen MR) is 60.5 cm³/mol. The van der Waals surface area contributed by atoms with Crippen molar-refractivity contribution in [2.24, 2.45) is 0 Å². The van der Waals surface area contributed by atoms with Crippen LogP contribution in [0, 0.1) is 0 Å². The summed E-state index contributed by atoms with van der Waals surface area (Å²) in [4.78, 5) is 12.3. The van der Waals surface area contributed by atoms with Gasteiger partial charge in [-0.05, 0) is 11.6 Å². The molecule has 17 heavy (non-hydrogen) atoms. The average molecular weight is 234 g/mol. The average Bonchev–Trinajstić information content (AvgIpc) is 2.87. The van der Waals surface area contributed by atoms with Crippen molar-refractivity contribution in [2.75, 3.05) is 26.4 Å². The number of hydrogen-bond acceptors (Lipinski definition) is 4. The van der Waals surface area contributed by atoms with Gasteiger partial charge in [-0.25, -0.2) is 0 Å². The summed E-state index contributed by atoms with van der Waals surface area (Å²) in [7, 11) is 0. The Morgan fingerprint density at radius 3 is 3.00 bits per heavy atom. The monoisotopic (exact) mass is 234 g/mol. The molecule has 3 rings (SSSR count). The summed E-state index contributed by atoms with van der Waals surface area (Å²) in [5.41, 5.74) is 1.73. The van der Waals surface area contributed by atoms with Gasteiger partial charge in [-0.15, -0.1) is 0 Å². The second-order valence-corrected chi connectivity index (χ2v) is 4.19. The highest BCUT2D eigenvalue weighted by molar-refractivity contribution is 6.02. The summed E-state index contributed by atoms with van der Waals surface area (Å²) in [6, 6.07) is 5.69. The zero-order valence-electron chi connectivity index (χ0n) is 9.48. The fourth-order valence-electron chi connectivity index (χ4n) is 2.22. The minimum Gasteiger partial charge on any atom is -0.492 e. The van der Waals surface area contributed by atoms with Crippen molar-refractivity contribution >= 4 is 5.78 Å². The smallest absolute Gasteiger partial charge is 0.197 e. The van der Waals surface area contributed by atoms with Crippen molar-refractivity contribution in [1.29, 1.82) is 0 Å². The molecule has 4 nitrogen and oxygen atoms in total. The Kier molecular flexibility index (Phi) is 2.82. The molecule has 2 heterocycles. The summed E-state index contributed by atoms with van der Waals surface area (Å²) >= 11 is 0. The first-order chi connectivity index (χ1) is 8.36. The van der Waals surface area contributed by atoms with Crippen LogP contribution in [0.3, 0.4) is 0 Å². The number of carbonyl (C=O) groups excluding carboxylic acids is 1. The lowest BCUT2D eigenvalue weighted by atomic mass is 10.0. The van der Waals surface area contributed by atoms with E-state index < -0.39 is 6.10 Å². The van der Waals surface area contributed by atoms with Crippen LogP contribution in [0.25, 0.3) is 0 Å². The van der Waals surface area contributed by atoms with Crippen LogP contribution < -0.4 is 4.74 Å². The molecule has 4 heteroatoms. The lowest BCUT2D eigenvalue weighted by molar-refractivity contribution is -0.0719. The van der Waals surface area contributed by atoms with Crippen LogP contribution in [0.5, 0.6) is 5.75 Å². The van der Waals surface area contributed by atoms with Gasteiger partial charge in [0.1, 0.15) is 11.9 Å². The molecule has 0 spiro atoms. The summed E-state index contributed by atoms with van der Waals surface area (Å²) in [5.74, 6) is 0.690. The van der Waals surface area contributed by atoms with E-state index in [9.17, 15) is 4.79 Å². The lowest BCUT2D eigenvalue weighted by Gasteiger charge is -2.22. The van der Waals surface area contributed by atoms with E-state index in [4.69, 9.17) is 14.2 Å². The number of rotatable bonds is 2. The van der Waals surface area contributed by atoms with Crippen LogP contribution in [-0.4, -0.2) is 38.3 Å². The van der Waals surface area contributed by atoms with Crippen LogP contribution in [0.15, 0.2) is 18.2 Å². The van der Waals surface area contributed by atoms with Crippen LogP contribution in [-0.2, 0) is 15.9 Å². The Bertz CT molecular complexity index is 435. The van der Waals surface area contributed by atoms with Gasteiger partial charge in [-0.3, -0.25) is 4.79 Å². The third kappa shape index (κ3) is 1.94. The molecule has 0 aromatic heterocycles. The summed E-state index contributed by atoms with van der Waals surface area (Å²) in [6.07, 6.45) is 0.387. The second-order valence-electron chi connectivity index (χ2n) is 4.19. The van der Waals surface area contributed by atoms with Gasteiger partial charge in [0.15, 0.2) is 5.78 Å². The molecule has 1 aromatic carbocycles. The maximum Gasteiger partial charge on any atom is 0.197 e. The molecule has 2 aliphatic rings. The molecule has 1 fully saturated rings.